The molecule has 2 nitrogen and oxygen atoms in total. The Morgan fingerprint density at radius 3 is 2.59 bits per heavy atom. The molecule has 0 amide bonds. The van der Waals surface area contributed by atoms with E-state index in [1.54, 1.807) is 0 Å². The van der Waals surface area contributed by atoms with E-state index in [1.165, 1.54) is 0 Å². The van der Waals surface area contributed by atoms with Crippen molar-refractivity contribution in [1.82, 2.24) is 0 Å². The first kappa shape index (κ1) is 11.9. The van der Waals surface area contributed by atoms with Gasteiger partial charge in [0.25, 0.3) is 5.24 Å². The van der Waals surface area contributed by atoms with Gasteiger partial charge in [-0.15, -0.1) is 0 Å². The molecule has 0 fully saturated rings. The maximum Gasteiger partial charge on any atom is 0.262 e. The Kier molecular flexibility index (Phi) is 3.64. The molecule has 2 aromatic rings. The molecule has 0 N–H and O–H groups in total. The minimum atomic E-state index is -0.571. The van der Waals surface area contributed by atoms with Crippen molar-refractivity contribution in [2.45, 2.75) is 19.4 Å². The second-order valence-electron chi connectivity index (χ2n) is 3.83. The summed E-state index contributed by atoms with van der Waals surface area (Å²) >= 11 is 5.45. The van der Waals surface area contributed by atoms with E-state index in [4.69, 9.17) is 16.3 Å². The summed E-state index contributed by atoms with van der Waals surface area (Å²) in [4.78, 5) is 11.1. The molecule has 0 aliphatic rings. The van der Waals surface area contributed by atoms with E-state index in [0.717, 1.165) is 10.8 Å². The second-order valence-corrected chi connectivity index (χ2v) is 4.20. The molecule has 0 aliphatic carbocycles. The summed E-state index contributed by atoms with van der Waals surface area (Å²) in [6.07, 6.45) is -0.00681. The Morgan fingerprint density at radius 1 is 1.24 bits per heavy atom. The monoisotopic (exact) mass is 248 g/mol. The van der Waals surface area contributed by atoms with Crippen LogP contribution in [-0.2, 0) is 4.79 Å². The highest BCUT2D eigenvalue weighted by atomic mass is 35.5. The molecule has 0 aliphatic heterocycles. The average Bonchev–Trinajstić information content (AvgIpc) is 2.35. The van der Waals surface area contributed by atoms with E-state index < -0.39 is 11.3 Å². The minimum Gasteiger partial charge on any atom is -0.481 e. The van der Waals surface area contributed by atoms with Gasteiger partial charge in [-0.05, 0) is 40.9 Å². The lowest BCUT2D eigenvalue weighted by molar-refractivity contribution is -0.117. The van der Waals surface area contributed by atoms with Crippen molar-refractivity contribution >= 4 is 27.6 Å². The van der Waals surface area contributed by atoms with Crippen LogP contribution in [0.15, 0.2) is 42.5 Å². The third-order valence-corrected chi connectivity index (χ3v) is 2.87. The lowest BCUT2D eigenvalue weighted by atomic mass is 10.1. The zero-order valence-electron chi connectivity index (χ0n) is 9.52. The van der Waals surface area contributed by atoms with Crippen molar-refractivity contribution in [2.24, 2.45) is 0 Å². The summed E-state index contributed by atoms with van der Waals surface area (Å²) in [6, 6.07) is 13.7. The van der Waals surface area contributed by atoms with Gasteiger partial charge in [0.15, 0.2) is 6.10 Å². The molecule has 88 valence electrons. The van der Waals surface area contributed by atoms with Crippen molar-refractivity contribution in [3.05, 3.63) is 42.5 Å². The van der Waals surface area contributed by atoms with Crippen LogP contribution in [0.4, 0.5) is 0 Å². The molecule has 0 bridgehead atoms. The number of rotatable bonds is 4. The first-order valence-corrected chi connectivity index (χ1v) is 5.93. The van der Waals surface area contributed by atoms with Crippen molar-refractivity contribution in [2.75, 3.05) is 0 Å². The number of fused-ring (bicyclic) bond motifs is 1. The number of carbonyl (C=O) groups excluding carboxylic acids is 1. The van der Waals surface area contributed by atoms with Crippen LogP contribution in [0.1, 0.15) is 13.3 Å². The molecule has 17 heavy (non-hydrogen) atoms. The summed E-state index contributed by atoms with van der Waals surface area (Å²) in [5.74, 6) is 0.671. The predicted molar refractivity (Wildman–Crippen MR) is 69.5 cm³/mol. The van der Waals surface area contributed by atoms with E-state index >= 15 is 0 Å². The van der Waals surface area contributed by atoms with Crippen molar-refractivity contribution in [3.63, 3.8) is 0 Å². The number of hydrogen-bond acceptors (Lipinski definition) is 2. The highest BCUT2D eigenvalue weighted by molar-refractivity contribution is 6.64. The zero-order chi connectivity index (χ0) is 12.3. The van der Waals surface area contributed by atoms with Crippen LogP contribution in [0, 0.1) is 0 Å². The quantitative estimate of drug-likeness (QED) is 0.770. The minimum absolute atomic E-state index is 0.458. The first-order chi connectivity index (χ1) is 8.20. The molecule has 0 saturated heterocycles. The van der Waals surface area contributed by atoms with Gasteiger partial charge in [0.2, 0.25) is 0 Å². The molecule has 0 saturated carbocycles. The Bertz CT molecular complexity index is 536. The highest BCUT2D eigenvalue weighted by Crippen LogP contribution is 2.22. The Labute approximate surface area is 105 Å². The largest absolute Gasteiger partial charge is 0.481 e. The lowest BCUT2D eigenvalue weighted by Crippen LogP contribution is -2.22. The highest BCUT2D eigenvalue weighted by Gasteiger charge is 2.15. The Morgan fingerprint density at radius 2 is 1.94 bits per heavy atom. The molecule has 0 aromatic heterocycles. The van der Waals surface area contributed by atoms with Crippen LogP contribution < -0.4 is 4.74 Å². The fraction of sp³-hybridized carbons (Fsp3) is 0.214. The number of ether oxygens (including phenoxy) is 1. The third kappa shape index (κ3) is 2.77. The molecule has 0 spiro atoms. The smallest absolute Gasteiger partial charge is 0.262 e. The van der Waals surface area contributed by atoms with Gasteiger partial charge >= 0.3 is 0 Å². The molecular formula is C14H13ClO2. The van der Waals surface area contributed by atoms with Crippen LogP contribution >= 0.6 is 11.6 Å². The van der Waals surface area contributed by atoms with E-state index in [-0.39, 0.29) is 0 Å². The summed E-state index contributed by atoms with van der Waals surface area (Å²) in [6.45, 7) is 1.87. The fourth-order valence-electron chi connectivity index (χ4n) is 1.70. The topological polar surface area (TPSA) is 26.3 Å². The standard InChI is InChI=1S/C14H13ClO2/c1-2-13(14(15)16)17-12-8-7-10-5-3-4-6-11(10)9-12/h3-9,13H,2H2,1H3/t13-/m1/s1. The van der Waals surface area contributed by atoms with E-state index in [1.807, 2.05) is 49.4 Å². The Balaban J connectivity index is 2.27. The van der Waals surface area contributed by atoms with Crippen molar-refractivity contribution in [1.29, 1.82) is 0 Å². The van der Waals surface area contributed by atoms with Gasteiger partial charge < -0.3 is 4.74 Å². The Hall–Kier alpha value is -1.54. The molecule has 2 aromatic carbocycles. The van der Waals surface area contributed by atoms with Gasteiger partial charge in [0, 0.05) is 0 Å². The number of halogens is 1. The SMILES string of the molecule is CC[C@@H](Oc1ccc2ccccc2c1)C(=O)Cl. The van der Waals surface area contributed by atoms with Crippen molar-refractivity contribution in [3.8, 4) is 5.75 Å². The zero-order valence-corrected chi connectivity index (χ0v) is 10.3. The summed E-state index contributed by atoms with van der Waals surface area (Å²) in [7, 11) is 0. The van der Waals surface area contributed by atoms with Crippen LogP contribution in [0.3, 0.4) is 0 Å². The van der Waals surface area contributed by atoms with Gasteiger partial charge in [0.05, 0.1) is 0 Å². The maximum atomic E-state index is 11.1. The average molecular weight is 249 g/mol. The number of benzene rings is 2. The van der Waals surface area contributed by atoms with Crippen LogP contribution in [0.2, 0.25) is 0 Å². The summed E-state index contributed by atoms with van der Waals surface area (Å²) in [5, 5.41) is 1.77. The molecule has 0 radical (unpaired) electrons. The maximum absolute atomic E-state index is 11.1. The molecule has 2 rings (SSSR count). The normalized spacial score (nSPS) is 12.4. The van der Waals surface area contributed by atoms with Crippen LogP contribution in [0.5, 0.6) is 5.75 Å². The molecule has 1 atom stereocenters. The van der Waals surface area contributed by atoms with Crippen LogP contribution in [-0.4, -0.2) is 11.3 Å². The molecule has 3 heteroatoms. The van der Waals surface area contributed by atoms with Gasteiger partial charge in [-0.2, -0.15) is 0 Å². The lowest BCUT2D eigenvalue weighted by Gasteiger charge is -2.13. The molecular weight excluding hydrogens is 236 g/mol. The van der Waals surface area contributed by atoms with Gasteiger partial charge in [-0.1, -0.05) is 37.3 Å². The van der Waals surface area contributed by atoms with Gasteiger partial charge in [-0.25, -0.2) is 0 Å². The predicted octanol–water partition coefficient (Wildman–Crippen LogP) is 3.76. The number of hydrogen-bond donors (Lipinski definition) is 0. The van der Waals surface area contributed by atoms with E-state index in [9.17, 15) is 4.79 Å². The van der Waals surface area contributed by atoms with E-state index in [2.05, 4.69) is 0 Å². The van der Waals surface area contributed by atoms with Crippen LogP contribution in [0.25, 0.3) is 10.8 Å². The number of carbonyl (C=O) groups is 1. The second kappa shape index (κ2) is 5.19. The molecule has 0 unspecified atom stereocenters. The van der Waals surface area contributed by atoms with Gasteiger partial charge in [0.1, 0.15) is 5.75 Å². The van der Waals surface area contributed by atoms with Crippen molar-refractivity contribution < 1.29 is 9.53 Å². The molecule has 0 heterocycles. The summed E-state index contributed by atoms with van der Waals surface area (Å²) in [5.41, 5.74) is 0. The van der Waals surface area contributed by atoms with Gasteiger partial charge in [-0.3, -0.25) is 4.79 Å². The first-order valence-electron chi connectivity index (χ1n) is 5.55. The third-order valence-electron chi connectivity index (χ3n) is 2.62. The fourth-order valence-corrected chi connectivity index (χ4v) is 1.89. The summed E-state index contributed by atoms with van der Waals surface area (Å²) < 4.78 is 5.55. The van der Waals surface area contributed by atoms with E-state index in [0.29, 0.717) is 12.2 Å².